The van der Waals surface area contributed by atoms with Gasteiger partial charge in [-0.3, -0.25) is 4.98 Å². The molecule has 1 aromatic heterocycles. The van der Waals surface area contributed by atoms with Crippen LogP contribution in [-0.4, -0.2) is 54.2 Å². The van der Waals surface area contributed by atoms with E-state index in [9.17, 15) is 12.8 Å². The van der Waals surface area contributed by atoms with Crippen LogP contribution < -0.4 is 0 Å². The number of aliphatic hydroxyl groups excluding tert-OH is 2. The molecule has 0 radical (unpaired) electrons. The molecule has 0 amide bonds. The van der Waals surface area contributed by atoms with E-state index in [0.29, 0.717) is 0 Å². The van der Waals surface area contributed by atoms with E-state index < -0.39 is 15.8 Å². The normalized spacial score (nSPS) is 12.0. The number of hydrogen-bond donors (Lipinski definition) is 2. The molecule has 96 valence electrons. The van der Waals surface area contributed by atoms with Crippen LogP contribution >= 0.6 is 0 Å². The third-order valence-electron chi connectivity index (χ3n) is 2.02. The summed E-state index contributed by atoms with van der Waals surface area (Å²) < 4.78 is 37.7. The van der Waals surface area contributed by atoms with Crippen molar-refractivity contribution in [2.24, 2.45) is 0 Å². The third kappa shape index (κ3) is 3.43. The summed E-state index contributed by atoms with van der Waals surface area (Å²) in [5, 5.41) is 17.5. The van der Waals surface area contributed by atoms with Gasteiger partial charge in [-0.2, -0.15) is 4.31 Å². The Kier molecular flexibility index (Phi) is 4.94. The van der Waals surface area contributed by atoms with Gasteiger partial charge in [0.2, 0.25) is 10.0 Å². The van der Waals surface area contributed by atoms with Crippen molar-refractivity contribution in [1.29, 1.82) is 0 Å². The molecule has 8 heteroatoms. The smallest absolute Gasteiger partial charge is 0.244 e. The predicted octanol–water partition coefficient (Wildman–Crippen LogP) is -0.804. The Balaban J connectivity index is 3.07. The van der Waals surface area contributed by atoms with E-state index in [4.69, 9.17) is 10.2 Å². The maximum Gasteiger partial charge on any atom is 0.244 e. The van der Waals surface area contributed by atoms with E-state index in [-0.39, 0.29) is 31.2 Å². The van der Waals surface area contributed by atoms with Crippen LogP contribution in [0.25, 0.3) is 0 Å². The molecule has 0 spiro atoms. The summed E-state index contributed by atoms with van der Waals surface area (Å²) in [7, 11) is -3.94. The zero-order chi connectivity index (χ0) is 12.9. The Morgan fingerprint density at radius 1 is 1.24 bits per heavy atom. The molecule has 2 N–H and O–H groups in total. The lowest BCUT2D eigenvalue weighted by molar-refractivity contribution is 0.217. The number of sulfonamides is 1. The van der Waals surface area contributed by atoms with Gasteiger partial charge in [-0.05, 0) is 6.07 Å². The highest BCUT2D eigenvalue weighted by atomic mass is 32.2. The van der Waals surface area contributed by atoms with E-state index in [0.717, 1.165) is 22.8 Å². The van der Waals surface area contributed by atoms with Gasteiger partial charge >= 0.3 is 0 Å². The Morgan fingerprint density at radius 3 is 2.29 bits per heavy atom. The molecule has 1 rings (SSSR count). The molecule has 1 heterocycles. The lowest BCUT2D eigenvalue weighted by Crippen LogP contribution is -2.35. The Bertz CT molecular complexity index is 460. The lowest BCUT2D eigenvalue weighted by Gasteiger charge is -2.19. The van der Waals surface area contributed by atoms with Crippen molar-refractivity contribution in [2.45, 2.75) is 4.90 Å². The van der Waals surface area contributed by atoms with Crippen molar-refractivity contribution in [3.8, 4) is 0 Å². The monoisotopic (exact) mass is 264 g/mol. The largest absolute Gasteiger partial charge is 0.395 e. The van der Waals surface area contributed by atoms with Crippen LogP contribution in [-0.2, 0) is 10.0 Å². The molecule has 0 aliphatic heterocycles. The van der Waals surface area contributed by atoms with Crippen molar-refractivity contribution in [2.75, 3.05) is 26.3 Å². The summed E-state index contributed by atoms with van der Waals surface area (Å²) in [6, 6.07) is 0.837. The second-order valence-electron chi connectivity index (χ2n) is 3.19. The average molecular weight is 264 g/mol. The Morgan fingerprint density at radius 2 is 1.82 bits per heavy atom. The minimum atomic E-state index is -3.94. The van der Waals surface area contributed by atoms with Gasteiger partial charge in [-0.1, -0.05) is 0 Å². The number of aliphatic hydroxyl groups is 2. The van der Waals surface area contributed by atoms with Gasteiger partial charge in [0.25, 0.3) is 0 Å². The minimum absolute atomic E-state index is 0.167. The molecular formula is C9H13FN2O4S. The van der Waals surface area contributed by atoms with Crippen LogP contribution in [0.1, 0.15) is 0 Å². The molecule has 0 fully saturated rings. The molecule has 0 aromatic carbocycles. The lowest BCUT2D eigenvalue weighted by atomic mass is 10.5. The number of nitrogens with zero attached hydrogens (tertiary/aromatic N) is 2. The van der Waals surface area contributed by atoms with Gasteiger partial charge in [-0.25, -0.2) is 12.8 Å². The number of hydrogen-bond acceptors (Lipinski definition) is 5. The molecule has 0 aliphatic carbocycles. The highest BCUT2D eigenvalue weighted by molar-refractivity contribution is 7.89. The molecule has 0 unspecified atom stereocenters. The Hall–Kier alpha value is -1.09. The SMILES string of the molecule is O=S(=O)(c1cncc(F)c1)N(CCO)CCO. The maximum absolute atomic E-state index is 12.9. The van der Waals surface area contributed by atoms with Gasteiger partial charge < -0.3 is 10.2 Å². The Labute approximate surface area is 98.4 Å². The highest BCUT2D eigenvalue weighted by Gasteiger charge is 2.24. The average Bonchev–Trinajstić information content (AvgIpc) is 2.29. The molecule has 0 atom stereocenters. The van der Waals surface area contributed by atoms with E-state index in [1.165, 1.54) is 0 Å². The second kappa shape index (κ2) is 6.01. The first kappa shape index (κ1) is 14.0. The summed E-state index contributed by atoms with van der Waals surface area (Å²) in [6.07, 6.45) is 1.90. The van der Waals surface area contributed by atoms with Crippen molar-refractivity contribution < 1.29 is 23.0 Å². The first-order chi connectivity index (χ1) is 8.02. The molecule has 0 bridgehead atoms. The van der Waals surface area contributed by atoms with Crippen LogP contribution in [0.2, 0.25) is 0 Å². The van der Waals surface area contributed by atoms with E-state index in [2.05, 4.69) is 4.98 Å². The van der Waals surface area contributed by atoms with Crippen LogP contribution in [0.3, 0.4) is 0 Å². The standard InChI is InChI=1S/C9H13FN2O4S/c10-8-5-9(7-11-6-8)17(15,16)12(1-3-13)2-4-14/h5-7,13-14H,1-4H2. The van der Waals surface area contributed by atoms with Crippen molar-refractivity contribution in [1.82, 2.24) is 9.29 Å². The first-order valence-electron chi connectivity index (χ1n) is 4.85. The van der Waals surface area contributed by atoms with Crippen molar-refractivity contribution in [3.05, 3.63) is 24.3 Å². The van der Waals surface area contributed by atoms with E-state index in [1.807, 2.05) is 0 Å². The minimum Gasteiger partial charge on any atom is -0.395 e. The van der Waals surface area contributed by atoms with Crippen LogP contribution in [0.4, 0.5) is 4.39 Å². The molecule has 1 aromatic rings. The molecule has 0 saturated carbocycles. The van der Waals surface area contributed by atoms with Gasteiger partial charge in [0.15, 0.2) is 0 Å². The van der Waals surface area contributed by atoms with Crippen LogP contribution in [0, 0.1) is 5.82 Å². The summed E-state index contributed by atoms with van der Waals surface area (Å²) in [6.45, 7) is -1.11. The van der Waals surface area contributed by atoms with Crippen molar-refractivity contribution >= 4 is 10.0 Å². The van der Waals surface area contributed by atoms with Gasteiger partial charge in [0, 0.05) is 19.3 Å². The fourth-order valence-electron chi connectivity index (χ4n) is 1.26. The van der Waals surface area contributed by atoms with Gasteiger partial charge in [-0.15, -0.1) is 0 Å². The van der Waals surface area contributed by atoms with Crippen LogP contribution in [0.15, 0.2) is 23.4 Å². The van der Waals surface area contributed by atoms with Gasteiger partial charge in [0.1, 0.15) is 10.7 Å². The molecule has 17 heavy (non-hydrogen) atoms. The molecule has 0 saturated heterocycles. The topological polar surface area (TPSA) is 90.7 Å². The summed E-state index contributed by atoms with van der Waals surface area (Å²) in [4.78, 5) is 3.14. The van der Waals surface area contributed by atoms with Crippen molar-refractivity contribution in [3.63, 3.8) is 0 Å². The zero-order valence-corrected chi connectivity index (χ0v) is 9.77. The number of pyridine rings is 1. The summed E-state index contributed by atoms with van der Waals surface area (Å²) >= 11 is 0. The molecular weight excluding hydrogens is 251 g/mol. The summed E-state index contributed by atoms with van der Waals surface area (Å²) in [5.41, 5.74) is 0. The number of halogens is 1. The van der Waals surface area contributed by atoms with E-state index in [1.54, 1.807) is 0 Å². The third-order valence-corrected chi connectivity index (χ3v) is 3.88. The highest BCUT2D eigenvalue weighted by Crippen LogP contribution is 2.14. The number of aromatic nitrogens is 1. The van der Waals surface area contributed by atoms with Gasteiger partial charge in [0.05, 0.1) is 19.4 Å². The molecule has 0 aliphatic rings. The maximum atomic E-state index is 12.9. The first-order valence-corrected chi connectivity index (χ1v) is 6.29. The van der Waals surface area contributed by atoms with E-state index >= 15 is 0 Å². The molecule has 6 nitrogen and oxygen atoms in total. The quantitative estimate of drug-likeness (QED) is 0.701. The summed E-state index contributed by atoms with van der Waals surface area (Å²) in [5.74, 6) is -0.765. The predicted molar refractivity (Wildman–Crippen MR) is 57.1 cm³/mol. The second-order valence-corrected chi connectivity index (χ2v) is 5.13. The number of rotatable bonds is 6. The van der Waals surface area contributed by atoms with Crippen LogP contribution in [0.5, 0.6) is 0 Å². The fourth-order valence-corrected chi connectivity index (χ4v) is 2.66. The fraction of sp³-hybridized carbons (Fsp3) is 0.444. The zero-order valence-electron chi connectivity index (χ0n) is 8.95.